The first-order valence-corrected chi connectivity index (χ1v) is 8.47. The first kappa shape index (κ1) is 14.4. The maximum Gasteiger partial charge on any atom is 0.263 e. The van der Waals surface area contributed by atoms with Crippen molar-refractivity contribution in [2.75, 3.05) is 4.72 Å². The minimum atomic E-state index is -3.69. The Kier molecular flexibility index (Phi) is 3.89. The van der Waals surface area contributed by atoms with Crippen LogP contribution in [0.15, 0.2) is 32.9 Å². The molecule has 1 heterocycles. The molecule has 0 aliphatic carbocycles. The van der Waals surface area contributed by atoms with Crippen LogP contribution in [-0.2, 0) is 10.0 Å². The monoisotopic (exact) mass is 361 g/mol. The van der Waals surface area contributed by atoms with E-state index >= 15 is 0 Å². The summed E-state index contributed by atoms with van der Waals surface area (Å²) in [5.74, 6) is -0.0962. The molecule has 1 aromatic carbocycles. The molecule has 0 saturated carbocycles. The summed E-state index contributed by atoms with van der Waals surface area (Å²) < 4.78 is 27.7. The van der Waals surface area contributed by atoms with Crippen molar-refractivity contribution in [2.24, 2.45) is 0 Å². The third-order valence-corrected chi connectivity index (χ3v) is 5.70. The molecule has 2 N–H and O–H groups in total. The summed E-state index contributed by atoms with van der Waals surface area (Å²) in [7, 11) is -3.69. The minimum Gasteiger partial charge on any atom is -0.506 e. The van der Waals surface area contributed by atoms with Gasteiger partial charge in [-0.2, -0.15) is 0 Å². The molecule has 0 atom stereocenters. The molecule has 19 heavy (non-hydrogen) atoms. The van der Waals surface area contributed by atoms with Crippen LogP contribution in [0.2, 0.25) is 0 Å². The summed E-state index contributed by atoms with van der Waals surface area (Å²) in [4.78, 5) is 0.900. The minimum absolute atomic E-state index is 0.0962. The van der Waals surface area contributed by atoms with Crippen LogP contribution < -0.4 is 4.72 Å². The summed E-state index contributed by atoms with van der Waals surface area (Å²) in [5.41, 5.74) is 1.04. The topological polar surface area (TPSA) is 66.4 Å². The lowest BCUT2D eigenvalue weighted by atomic mass is 10.2. The number of sulfonamides is 1. The van der Waals surface area contributed by atoms with Crippen LogP contribution in [0.3, 0.4) is 0 Å². The van der Waals surface area contributed by atoms with E-state index in [1.165, 1.54) is 17.4 Å². The number of halogens is 1. The number of hydrogen-bond donors (Lipinski definition) is 2. The maximum absolute atomic E-state index is 12.3. The molecule has 0 bridgehead atoms. The Balaban J connectivity index is 2.42. The van der Waals surface area contributed by atoms with Crippen molar-refractivity contribution in [1.82, 2.24) is 0 Å². The van der Waals surface area contributed by atoms with E-state index in [4.69, 9.17) is 0 Å². The van der Waals surface area contributed by atoms with Crippen molar-refractivity contribution >= 4 is 43.0 Å². The first-order chi connectivity index (χ1) is 8.79. The third kappa shape index (κ3) is 3.10. The molecule has 2 aromatic rings. The van der Waals surface area contributed by atoms with Crippen molar-refractivity contribution < 1.29 is 13.5 Å². The fraction of sp³-hybridized carbons (Fsp3) is 0.167. The Morgan fingerprint density at radius 2 is 1.95 bits per heavy atom. The van der Waals surface area contributed by atoms with Crippen LogP contribution in [-0.4, -0.2) is 13.5 Å². The zero-order chi connectivity index (χ0) is 14.2. The van der Waals surface area contributed by atoms with Crippen molar-refractivity contribution in [3.8, 4) is 5.75 Å². The normalized spacial score (nSPS) is 11.5. The van der Waals surface area contributed by atoms with Gasteiger partial charge in [0.2, 0.25) is 0 Å². The number of aromatic hydroxyl groups is 1. The van der Waals surface area contributed by atoms with Crippen molar-refractivity contribution in [1.29, 1.82) is 0 Å². The smallest absolute Gasteiger partial charge is 0.263 e. The average molecular weight is 362 g/mol. The molecule has 0 fully saturated rings. The number of benzene rings is 1. The lowest BCUT2D eigenvalue weighted by molar-refractivity contribution is 0.477. The molecule has 0 aliphatic rings. The van der Waals surface area contributed by atoms with Gasteiger partial charge in [-0.15, -0.1) is 11.3 Å². The van der Waals surface area contributed by atoms with Gasteiger partial charge in [0.25, 0.3) is 10.0 Å². The molecular weight excluding hydrogens is 350 g/mol. The highest BCUT2D eigenvalue weighted by molar-refractivity contribution is 9.11. The molecule has 102 valence electrons. The lowest BCUT2D eigenvalue weighted by Gasteiger charge is -2.10. The zero-order valence-electron chi connectivity index (χ0n) is 10.3. The summed E-state index contributed by atoms with van der Waals surface area (Å²) in [6.07, 6.45) is 0. The average Bonchev–Trinajstić information content (AvgIpc) is 2.63. The lowest BCUT2D eigenvalue weighted by Crippen LogP contribution is -2.13. The molecule has 0 radical (unpaired) electrons. The van der Waals surface area contributed by atoms with Gasteiger partial charge < -0.3 is 5.11 Å². The van der Waals surface area contributed by atoms with Crippen LogP contribution in [0.5, 0.6) is 5.75 Å². The number of rotatable bonds is 3. The molecule has 0 saturated heterocycles. The van der Waals surface area contributed by atoms with E-state index in [2.05, 4.69) is 20.7 Å². The number of phenols is 1. The van der Waals surface area contributed by atoms with Gasteiger partial charge in [0.1, 0.15) is 10.6 Å². The van der Waals surface area contributed by atoms with Crippen LogP contribution in [0, 0.1) is 13.8 Å². The van der Waals surface area contributed by atoms with Crippen LogP contribution >= 0.6 is 27.3 Å². The van der Waals surface area contributed by atoms with E-state index in [-0.39, 0.29) is 16.3 Å². The Labute approximate surface area is 124 Å². The van der Waals surface area contributed by atoms with Crippen LogP contribution in [0.1, 0.15) is 10.4 Å². The van der Waals surface area contributed by atoms with Crippen molar-refractivity contribution in [2.45, 2.75) is 18.7 Å². The van der Waals surface area contributed by atoms with Gasteiger partial charge in [0.05, 0.1) is 9.47 Å². The molecule has 0 unspecified atom stereocenters. The SMILES string of the molecule is Cc1ccc(O)c(NS(=O)(=O)c2cc(Br)sc2C)c1. The number of hydrogen-bond acceptors (Lipinski definition) is 4. The Morgan fingerprint density at radius 1 is 1.26 bits per heavy atom. The molecular formula is C12H12BrNO3S2. The quantitative estimate of drug-likeness (QED) is 0.820. The van der Waals surface area contributed by atoms with E-state index in [0.29, 0.717) is 4.88 Å². The fourth-order valence-corrected chi connectivity index (χ4v) is 5.11. The second-order valence-electron chi connectivity index (χ2n) is 4.10. The van der Waals surface area contributed by atoms with Gasteiger partial charge >= 0.3 is 0 Å². The van der Waals surface area contributed by atoms with Gasteiger partial charge in [-0.25, -0.2) is 8.42 Å². The van der Waals surface area contributed by atoms with E-state index in [0.717, 1.165) is 9.35 Å². The van der Waals surface area contributed by atoms with E-state index in [9.17, 15) is 13.5 Å². The van der Waals surface area contributed by atoms with E-state index in [1.807, 2.05) is 6.92 Å². The summed E-state index contributed by atoms with van der Waals surface area (Å²) >= 11 is 4.61. The van der Waals surface area contributed by atoms with E-state index in [1.54, 1.807) is 25.1 Å². The van der Waals surface area contributed by atoms with Crippen LogP contribution in [0.25, 0.3) is 0 Å². The Hall–Kier alpha value is -1.05. The molecule has 2 rings (SSSR count). The number of nitrogens with one attached hydrogen (secondary N) is 1. The highest BCUT2D eigenvalue weighted by Gasteiger charge is 2.20. The van der Waals surface area contributed by atoms with Crippen molar-refractivity contribution in [3.05, 3.63) is 38.5 Å². The molecule has 4 nitrogen and oxygen atoms in total. The summed E-state index contributed by atoms with van der Waals surface area (Å²) in [6, 6.07) is 6.31. The predicted octanol–water partition coefficient (Wildman–Crippen LogP) is 3.63. The summed E-state index contributed by atoms with van der Waals surface area (Å²) in [5, 5.41) is 9.69. The van der Waals surface area contributed by atoms with Crippen LogP contribution in [0.4, 0.5) is 5.69 Å². The Bertz CT molecular complexity index is 723. The molecule has 7 heteroatoms. The molecule has 0 aliphatic heterocycles. The van der Waals surface area contributed by atoms with Gasteiger partial charge in [0, 0.05) is 4.88 Å². The number of phenolic OH excluding ortho intramolecular Hbond substituents is 1. The largest absolute Gasteiger partial charge is 0.506 e. The standard InChI is InChI=1S/C12H12BrNO3S2/c1-7-3-4-10(15)9(5-7)14-19(16,17)11-6-12(13)18-8(11)2/h3-6,14-15H,1-2H3. The molecule has 1 aromatic heterocycles. The fourth-order valence-electron chi connectivity index (χ4n) is 1.63. The molecule has 0 amide bonds. The van der Waals surface area contributed by atoms with Gasteiger partial charge in [0.15, 0.2) is 0 Å². The Morgan fingerprint density at radius 3 is 2.53 bits per heavy atom. The highest BCUT2D eigenvalue weighted by Crippen LogP contribution is 2.32. The van der Waals surface area contributed by atoms with Crippen molar-refractivity contribution in [3.63, 3.8) is 0 Å². The van der Waals surface area contributed by atoms with Gasteiger partial charge in [-0.05, 0) is 53.5 Å². The molecule has 0 spiro atoms. The first-order valence-electron chi connectivity index (χ1n) is 5.38. The van der Waals surface area contributed by atoms with Gasteiger partial charge in [-0.1, -0.05) is 6.07 Å². The zero-order valence-corrected chi connectivity index (χ0v) is 13.5. The second-order valence-corrected chi connectivity index (χ2v) is 8.38. The summed E-state index contributed by atoms with van der Waals surface area (Å²) in [6.45, 7) is 3.56. The maximum atomic E-state index is 12.3. The number of thiophene rings is 1. The number of aryl methyl sites for hydroxylation is 2. The van der Waals surface area contributed by atoms with Gasteiger partial charge in [-0.3, -0.25) is 4.72 Å². The predicted molar refractivity (Wildman–Crippen MR) is 80.4 cm³/mol. The third-order valence-electron chi connectivity index (χ3n) is 2.53. The highest BCUT2D eigenvalue weighted by atomic mass is 79.9. The van der Waals surface area contributed by atoms with E-state index < -0.39 is 10.0 Å². The number of anilines is 1. The second kappa shape index (κ2) is 5.15.